The molecule has 0 saturated heterocycles. The van der Waals surface area contributed by atoms with Crippen molar-refractivity contribution in [2.45, 2.75) is 26.2 Å². The van der Waals surface area contributed by atoms with E-state index in [2.05, 4.69) is 39.2 Å². The van der Waals surface area contributed by atoms with E-state index in [1.54, 1.807) is 6.20 Å². The first-order chi connectivity index (χ1) is 12.1. The lowest BCUT2D eigenvalue weighted by Crippen LogP contribution is -2.08. The van der Waals surface area contributed by atoms with Gasteiger partial charge in [0.15, 0.2) is 0 Å². The van der Waals surface area contributed by atoms with Gasteiger partial charge in [0.05, 0.1) is 11.4 Å². The Hall–Kier alpha value is -1.85. The quantitative estimate of drug-likeness (QED) is 0.606. The maximum atomic E-state index is 6.13. The number of nitrogens with zero attached hydrogens (tertiary/aromatic N) is 3. The van der Waals surface area contributed by atoms with Gasteiger partial charge in [-0.1, -0.05) is 11.6 Å². The van der Waals surface area contributed by atoms with Crippen LogP contribution in [0.5, 0.6) is 0 Å². The number of fused-ring (bicyclic) bond motifs is 1. The molecule has 25 heavy (non-hydrogen) atoms. The number of halogens is 2. The Balaban J connectivity index is 1.93. The predicted molar refractivity (Wildman–Crippen MR) is 106 cm³/mol. The molecule has 3 heterocycles. The molecule has 0 atom stereocenters. The van der Waals surface area contributed by atoms with Crippen LogP contribution < -0.4 is 5.32 Å². The van der Waals surface area contributed by atoms with Gasteiger partial charge >= 0.3 is 0 Å². The third-order valence-electron chi connectivity index (χ3n) is 4.49. The zero-order valence-corrected chi connectivity index (χ0v) is 16.2. The van der Waals surface area contributed by atoms with Crippen LogP contribution in [-0.4, -0.2) is 21.3 Å². The van der Waals surface area contributed by atoms with E-state index in [-0.39, 0.29) is 0 Å². The molecule has 2 aromatic heterocycles. The lowest BCUT2D eigenvalue weighted by atomic mass is 10.1. The van der Waals surface area contributed by atoms with E-state index in [0.717, 1.165) is 63.6 Å². The SMILES string of the molecule is Cc1cc(Cl)ccc1-n1nc(-c2cncc(Br)c2)c2c1NCCCC2. The first kappa shape index (κ1) is 16.6. The Morgan fingerprint density at radius 2 is 2.08 bits per heavy atom. The summed E-state index contributed by atoms with van der Waals surface area (Å²) in [4.78, 5) is 4.31. The lowest BCUT2D eigenvalue weighted by molar-refractivity contribution is 0.779. The predicted octanol–water partition coefficient (Wildman–Crippen LogP) is 5.41. The van der Waals surface area contributed by atoms with Crippen molar-refractivity contribution >= 4 is 33.3 Å². The van der Waals surface area contributed by atoms with Crippen molar-refractivity contribution in [3.63, 3.8) is 0 Å². The monoisotopic (exact) mass is 416 g/mol. The summed E-state index contributed by atoms with van der Waals surface area (Å²) in [6, 6.07) is 7.98. The van der Waals surface area contributed by atoms with E-state index in [9.17, 15) is 0 Å². The molecule has 4 nitrogen and oxygen atoms in total. The van der Waals surface area contributed by atoms with Crippen LogP contribution in [0.2, 0.25) is 5.02 Å². The molecule has 4 rings (SSSR count). The van der Waals surface area contributed by atoms with Crippen molar-refractivity contribution in [3.05, 3.63) is 57.3 Å². The molecular weight excluding hydrogens is 400 g/mol. The summed E-state index contributed by atoms with van der Waals surface area (Å²) < 4.78 is 2.97. The van der Waals surface area contributed by atoms with Gasteiger partial charge in [0.25, 0.3) is 0 Å². The summed E-state index contributed by atoms with van der Waals surface area (Å²) in [5, 5.41) is 9.27. The zero-order chi connectivity index (χ0) is 17.4. The minimum Gasteiger partial charge on any atom is -0.370 e. The van der Waals surface area contributed by atoms with E-state index in [4.69, 9.17) is 16.7 Å². The van der Waals surface area contributed by atoms with Gasteiger partial charge < -0.3 is 5.32 Å². The van der Waals surface area contributed by atoms with Crippen LogP contribution in [0.4, 0.5) is 5.82 Å². The van der Waals surface area contributed by atoms with Gasteiger partial charge in [0.1, 0.15) is 5.82 Å². The standard InChI is InChI=1S/C19H18BrClN4/c1-12-8-15(21)5-6-17(12)25-19-16(4-2-3-7-23-19)18(24-25)13-9-14(20)11-22-10-13/h5-6,8-11,23H,2-4,7H2,1H3. The molecule has 0 radical (unpaired) electrons. The average Bonchev–Trinajstić information content (AvgIpc) is 2.77. The van der Waals surface area contributed by atoms with E-state index in [1.165, 1.54) is 5.56 Å². The molecule has 0 fully saturated rings. The van der Waals surface area contributed by atoms with Crippen molar-refractivity contribution in [1.82, 2.24) is 14.8 Å². The molecule has 128 valence electrons. The molecule has 0 amide bonds. The molecule has 0 aliphatic carbocycles. The Morgan fingerprint density at radius 3 is 2.88 bits per heavy atom. The van der Waals surface area contributed by atoms with E-state index >= 15 is 0 Å². The second kappa shape index (κ2) is 6.81. The first-order valence-corrected chi connectivity index (χ1v) is 9.54. The molecule has 1 aliphatic heterocycles. The Morgan fingerprint density at radius 1 is 1.20 bits per heavy atom. The highest BCUT2D eigenvalue weighted by molar-refractivity contribution is 9.10. The Bertz CT molecular complexity index is 935. The Kier molecular flexibility index (Phi) is 4.52. The topological polar surface area (TPSA) is 42.7 Å². The van der Waals surface area contributed by atoms with Crippen LogP contribution >= 0.6 is 27.5 Å². The van der Waals surface area contributed by atoms with Crippen molar-refractivity contribution in [3.8, 4) is 16.9 Å². The van der Waals surface area contributed by atoms with Gasteiger partial charge in [-0.2, -0.15) is 5.10 Å². The number of aryl methyl sites for hydroxylation is 1. The summed E-state index contributed by atoms with van der Waals surface area (Å²) in [6.07, 6.45) is 6.99. The fourth-order valence-electron chi connectivity index (χ4n) is 3.31. The fraction of sp³-hybridized carbons (Fsp3) is 0.263. The first-order valence-electron chi connectivity index (χ1n) is 8.37. The van der Waals surface area contributed by atoms with Crippen molar-refractivity contribution in [2.24, 2.45) is 0 Å². The lowest BCUT2D eigenvalue weighted by Gasteiger charge is -2.11. The van der Waals surface area contributed by atoms with Gasteiger partial charge in [-0.25, -0.2) is 4.68 Å². The molecule has 6 heteroatoms. The van der Waals surface area contributed by atoms with Crippen molar-refractivity contribution in [2.75, 3.05) is 11.9 Å². The molecule has 1 aliphatic rings. The fourth-order valence-corrected chi connectivity index (χ4v) is 3.90. The highest BCUT2D eigenvalue weighted by Gasteiger charge is 2.22. The second-order valence-electron chi connectivity index (χ2n) is 6.29. The number of hydrogen-bond donors (Lipinski definition) is 1. The van der Waals surface area contributed by atoms with Gasteiger partial charge in [-0.3, -0.25) is 4.98 Å². The van der Waals surface area contributed by atoms with E-state index in [0.29, 0.717) is 0 Å². The largest absolute Gasteiger partial charge is 0.370 e. The van der Waals surface area contributed by atoms with E-state index < -0.39 is 0 Å². The summed E-state index contributed by atoms with van der Waals surface area (Å²) in [7, 11) is 0. The van der Waals surface area contributed by atoms with Crippen LogP contribution in [0.25, 0.3) is 16.9 Å². The number of aromatic nitrogens is 3. The van der Waals surface area contributed by atoms with E-state index in [1.807, 2.05) is 29.1 Å². The highest BCUT2D eigenvalue weighted by Crippen LogP contribution is 2.35. The molecule has 0 bridgehead atoms. The smallest absolute Gasteiger partial charge is 0.133 e. The van der Waals surface area contributed by atoms with Crippen LogP contribution in [0.3, 0.4) is 0 Å². The van der Waals surface area contributed by atoms with Gasteiger partial charge in [0, 0.05) is 39.6 Å². The maximum absolute atomic E-state index is 6.13. The molecule has 0 unspecified atom stereocenters. The maximum Gasteiger partial charge on any atom is 0.133 e. The number of rotatable bonds is 2. The Labute approximate surface area is 160 Å². The van der Waals surface area contributed by atoms with Gasteiger partial charge in [-0.15, -0.1) is 0 Å². The molecule has 0 saturated carbocycles. The average molecular weight is 418 g/mol. The van der Waals surface area contributed by atoms with Crippen LogP contribution in [0.1, 0.15) is 24.0 Å². The number of nitrogens with one attached hydrogen (secondary N) is 1. The molecular formula is C19H18BrClN4. The number of pyridine rings is 1. The van der Waals surface area contributed by atoms with Crippen molar-refractivity contribution < 1.29 is 0 Å². The number of hydrogen-bond acceptors (Lipinski definition) is 3. The minimum atomic E-state index is 0.740. The zero-order valence-electron chi connectivity index (χ0n) is 13.9. The third-order valence-corrected chi connectivity index (χ3v) is 5.16. The number of anilines is 1. The van der Waals surface area contributed by atoms with Crippen LogP contribution in [-0.2, 0) is 6.42 Å². The molecule has 1 N–H and O–H groups in total. The summed E-state index contributed by atoms with van der Waals surface area (Å²) in [5.74, 6) is 1.08. The molecule has 3 aromatic rings. The van der Waals surface area contributed by atoms with Crippen LogP contribution in [0, 0.1) is 6.92 Å². The third kappa shape index (κ3) is 3.18. The second-order valence-corrected chi connectivity index (χ2v) is 7.65. The number of benzene rings is 1. The molecule has 0 spiro atoms. The normalized spacial score (nSPS) is 13.9. The highest BCUT2D eigenvalue weighted by atomic mass is 79.9. The minimum absolute atomic E-state index is 0.740. The van der Waals surface area contributed by atoms with Crippen LogP contribution in [0.15, 0.2) is 41.1 Å². The summed E-state index contributed by atoms with van der Waals surface area (Å²) >= 11 is 9.65. The summed E-state index contributed by atoms with van der Waals surface area (Å²) in [5.41, 5.74) is 5.42. The van der Waals surface area contributed by atoms with Gasteiger partial charge in [-0.05, 0) is 71.9 Å². The van der Waals surface area contributed by atoms with Gasteiger partial charge in [0.2, 0.25) is 0 Å². The van der Waals surface area contributed by atoms with Crippen molar-refractivity contribution in [1.29, 1.82) is 0 Å². The summed E-state index contributed by atoms with van der Waals surface area (Å²) in [6.45, 7) is 3.02. The molecule has 1 aromatic carbocycles.